The number of para-hydroxylation sites is 1. The fourth-order valence-electron chi connectivity index (χ4n) is 1.70. The molecule has 2 aromatic heterocycles. The molecule has 7 heteroatoms. The van der Waals surface area contributed by atoms with Crippen molar-refractivity contribution in [1.82, 2.24) is 15.1 Å². The van der Waals surface area contributed by atoms with Gasteiger partial charge in [0.25, 0.3) is 11.6 Å². The van der Waals surface area contributed by atoms with Crippen molar-refractivity contribution in [2.45, 2.75) is 0 Å². The van der Waals surface area contributed by atoms with E-state index in [1.807, 2.05) is 0 Å². The van der Waals surface area contributed by atoms with Gasteiger partial charge in [0.2, 0.25) is 0 Å². The first kappa shape index (κ1) is 9.52. The first-order valence-corrected chi connectivity index (χ1v) is 4.79. The van der Waals surface area contributed by atoms with E-state index in [9.17, 15) is 10.1 Å². The number of nitro groups is 1. The highest BCUT2D eigenvalue weighted by atomic mass is 16.6. The van der Waals surface area contributed by atoms with Crippen LogP contribution in [-0.2, 0) is 0 Å². The summed E-state index contributed by atoms with van der Waals surface area (Å²) < 4.78 is 4.89. The van der Waals surface area contributed by atoms with Gasteiger partial charge in [-0.2, -0.15) is 4.98 Å². The fourth-order valence-corrected chi connectivity index (χ4v) is 1.70. The summed E-state index contributed by atoms with van der Waals surface area (Å²) in [5, 5.41) is 15.1. The number of aromatic amines is 1. The maximum absolute atomic E-state index is 10.8. The number of hydrogen-bond acceptors (Lipinski definition) is 5. The lowest BCUT2D eigenvalue weighted by molar-refractivity contribution is -0.383. The second-order valence-electron chi connectivity index (χ2n) is 3.43. The Morgan fingerprint density at radius 3 is 3.00 bits per heavy atom. The molecule has 17 heavy (non-hydrogen) atoms. The molecule has 3 rings (SSSR count). The largest absolute Gasteiger partial charge is 0.345 e. The zero-order valence-corrected chi connectivity index (χ0v) is 8.45. The summed E-state index contributed by atoms with van der Waals surface area (Å²) in [6.45, 7) is 0. The molecule has 84 valence electrons. The van der Waals surface area contributed by atoms with Crippen LogP contribution in [0.5, 0.6) is 0 Å². The molecule has 2 heterocycles. The van der Waals surface area contributed by atoms with Crippen LogP contribution < -0.4 is 0 Å². The molecule has 0 unspecified atom stereocenters. The number of non-ortho nitro benzene ring substituents is 1. The third-order valence-electron chi connectivity index (χ3n) is 2.42. The summed E-state index contributed by atoms with van der Waals surface area (Å²) in [7, 11) is 0. The quantitative estimate of drug-likeness (QED) is 0.537. The van der Waals surface area contributed by atoms with E-state index in [0.717, 1.165) is 5.39 Å². The smallest absolute Gasteiger partial charge is 0.293 e. The standard InChI is InChI=1S/C10H6N4O3/c15-14(16)8-3-1-2-6-4-7(13-9(6)8)10-11-5-12-17-10/h1-5,13H. The molecule has 0 aliphatic carbocycles. The first-order chi connectivity index (χ1) is 8.25. The van der Waals surface area contributed by atoms with Gasteiger partial charge < -0.3 is 9.51 Å². The van der Waals surface area contributed by atoms with Crippen molar-refractivity contribution in [2.75, 3.05) is 0 Å². The number of aromatic nitrogens is 3. The van der Waals surface area contributed by atoms with E-state index >= 15 is 0 Å². The van der Waals surface area contributed by atoms with Gasteiger partial charge in [-0.15, -0.1) is 0 Å². The Hall–Kier alpha value is -2.70. The van der Waals surface area contributed by atoms with Crippen LogP contribution in [0, 0.1) is 10.1 Å². The van der Waals surface area contributed by atoms with E-state index < -0.39 is 4.92 Å². The summed E-state index contributed by atoms with van der Waals surface area (Å²) in [6.07, 6.45) is 1.27. The monoisotopic (exact) mass is 230 g/mol. The van der Waals surface area contributed by atoms with Crippen molar-refractivity contribution >= 4 is 16.6 Å². The average Bonchev–Trinajstić information content (AvgIpc) is 2.96. The topological polar surface area (TPSA) is 97.8 Å². The summed E-state index contributed by atoms with van der Waals surface area (Å²) in [6, 6.07) is 6.58. The van der Waals surface area contributed by atoms with Gasteiger partial charge in [-0.1, -0.05) is 17.3 Å². The second-order valence-corrected chi connectivity index (χ2v) is 3.43. The minimum atomic E-state index is -0.434. The maximum Gasteiger partial charge on any atom is 0.293 e. The van der Waals surface area contributed by atoms with Crippen LogP contribution >= 0.6 is 0 Å². The third-order valence-corrected chi connectivity index (χ3v) is 2.42. The van der Waals surface area contributed by atoms with Crippen molar-refractivity contribution in [3.05, 3.63) is 40.7 Å². The van der Waals surface area contributed by atoms with E-state index in [0.29, 0.717) is 17.1 Å². The SMILES string of the molecule is O=[N+]([O-])c1cccc2cc(-c3ncno3)[nH]c12. The van der Waals surface area contributed by atoms with Crippen LogP contribution in [0.25, 0.3) is 22.5 Å². The van der Waals surface area contributed by atoms with Gasteiger partial charge in [-0.25, -0.2) is 0 Å². The van der Waals surface area contributed by atoms with Crippen molar-refractivity contribution in [3.8, 4) is 11.6 Å². The van der Waals surface area contributed by atoms with Crippen LogP contribution in [-0.4, -0.2) is 20.0 Å². The fraction of sp³-hybridized carbons (Fsp3) is 0. The highest BCUT2D eigenvalue weighted by molar-refractivity contribution is 5.91. The Kier molecular flexibility index (Phi) is 1.91. The number of nitrogens with zero attached hydrogens (tertiary/aromatic N) is 3. The predicted octanol–water partition coefficient (Wildman–Crippen LogP) is 2.13. The van der Waals surface area contributed by atoms with Gasteiger partial charge >= 0.3 is 0 Å². The van der Waals surface area contributed by atoms with Crippen molar-refractivity contribution in [1.29, 1.82) is 0 Å². The molecule has 3 aromatic rings. The number of H-pyrrole nitrogens is 1. The molecule has 0 bridgehead atoms. The molecule has 0 aliphatic rings. The number of nitrogens with one attached hydrogen (secondary N) is 1. The summed E-state index contributed by atoms with van der Waals surface area (Å²) >= 11 is 0. The molecule has 0 aliphatic heterocycles. The second kappa shape index (κ2) is 3.41. The Morgan fingerprint density at radius 2 is 2.29 bits per heavy atom. The molecule has 7 nitrogen and oxygen atoms in total. The minimum Gasteiger partial charge on any atom is -0.345 e. The Morgan fingerprint density at radius 1 is 1.41 bits per heavy atom. The van der Waals surface area contributed by atoms with Crippen LogP contribution in [0.3, 0.4) is 0 Å². The molecule has 0 radical (unpaired) electrons. The predicted molar refractivity (Wildman–Crippen MR) is 58.2 cm³/mol. The Labute approximate surface area is 94.2 Å². The van der Waals surface area contributed by atoms with Gasteiger partial charge in [-0.3, -0.25) is 10.1 Å². The lowest BCUT2D eigenvalue weighted by Gasteiger charge is -1.92. The van der Waals surface area contributed by atoms with E-state index in [1.54, 1.807) is 18.2 Å². The Bertz CT molecular complexity index is 687. The molecule has 0 saturated carbocycles. The van der Waals surface area contributed by atoms with Crippen molar-refractivity contribution in [2.24, 2.45) is 0 Å². The molecule has 0 fully saturated rings. The highest BCUT2D eigenvalue weighted by Gasteiger charge is 2.15. The zero-order valence-electron chi connectivity index (χ0n) is 8.45. The molecule has 1 N–H and O–H groups in total. The Balaban J connectivity index is 2.26. The highest BCUT2D eigenvalue weighted by Crippen LogP contribution is 2.28. The molecule has 0 atom stereocenters. The average molecular weight is 230 g/mol. The van der Waals surface area contributed by atoms with Gasteiger partial charge in [0.15, 0.2) is 6.33 Å². The van der Waals surface area contributed by atoms with Gasteiger partial charge in [0, 0.05) is 11.5 Å². The van der Waals surface area contributed by atoms with E-state index in [4.69, 9.17) is 4.52 Å². The van der Waals surface area contributed by atoms with E-state index in [-0.39, 0.29) is 5.69 Å². The lowest BCUT2D eigenvalue weighted by Crippen LogP contribution is -1.88. The lowest BCUT2D eigenvalue weighted by atomic mass is 10.2. The van der Waals surface area contributed by atoms with Gasteiger partial charge in [-0.05, 0) is 6.07 Å². The summed E-state index contributed by atoms with van der Waals surface area (Å²) in [4.78, 5) is 17.2. The maximum atomic E-state index is 10.8. The molecular formula is C10H6N4O3. The number of benzene rings is 1. The van der Waals surface area contributed by atoms with Crippen molar-refractivity contribution in [3.63, 3.8) is 0 Å². The van der Waals surface area contributed by atoms with Crippen LogP contribution in [0.1, 0.15) is 0 Å². The van der Waals surface area contributed by atoms with E-state index in [2.05, 4.69) is 15.1 Å². The summed E-state index contributed by atoms with van der Waals surface area (Å²) in [5.74, 6) is 0.301. The molecule has 0 spiro atoms. The van der Waals surface area contributed by atoms with Crippen LogP contribution in [0.4, 0.5) is 5.69 Å². The molecule has 1 aromatic carbocycles. The van der Waals surface area contributed by atoms with Crippen molar-refractivity contribution < 1.29 is 9.45 Å². The first-order valence-electron chi connectivity index (χ1n) is 4.79. The number of fused-ring (bicyclic) bond motifs is 1. The summed E-state index contributed by atoms with van der Waals surface area (Å²) in [5.41, 5.74) is 1.03. The van der Waals surface area contributed by atoms with Crippen LogP contribution in [0.15, 0.2) is 35.1 Å². The number of hydrogen-bond donors (Lipinski definition) is 1. The normalized spacial score (nSPS) is 10.8. The minimum absolute atomic E-state index is 0.0215. The third kappa shape index (κ3) is 1.44. The molecule has 0 amide bonds. The molecule has 0 saturated heterocycles. The number of rotatable bonds is 2. The van der Waals surface area contributed by atoms with E-state index in [1.165, 1.54) is 12.4 Å². The van der Waals surface area contributed by atoms with Crippen LogP contribution in [0.2, 0.25) is 0 Å². The van der Waals surface area contributed by atoms with Gasteiger partial charge in [0.05, 0.1) is 4.92 Å². The van der Waals surface area contributed by atoms with Gasteiger partial charge in [0.1, 0.15) is 11.2 Å². The zero-order chi connectivity index (χ0) is 11.8. The number of nitro benzene ring substituents is 1. The molecular weight excluding hydrogens is 224 g/mol.